The van der Waals surface area contributed by atoms with E-state index in [1.54, 1.807) is 4.90 Å². The summed E-state index contributed by atoms with van der Waals surface area (Å²) >= 11 is 0. The van der Waals surface area contributed by atoms with E-state index in [-0.39, 0.29) is 6.09 Å². The SMILES string of the molecule is CC(C)c1ccc(C2(O)CCN(C(=O)OC(C)(C)C)CC2(C)C)cc1. The van der Waals surface area contributed by atoms with Crippen molar-refractivity contribution in [2.45, 2.75) is 72.0 Å². The fraction of sp³-hybridized carbons (Fsp3) is 0.667. The number of piperidine rings is 1. The van der Waals surface area contributed by atoms with Crippen LogP contribution in [0.15, 0.2) is 24.3 Å². The van der Waals surface area contributed by atoms with Gasteiger partial charge >= 0.3 is 6.09 Å². The third kappa shape index (κ3) is 4.17. The van der Waals surface area contributed by atoms with Crippen LogP contribution >= 0.6 is 0 Å². The molecule has 0 bridgehead atoms. The van der Waals surface area contributed by atoms with E-state index in [0.717, 1.165) is 5.56 Å². The molecule has 25 heavy (non-hydrogen) atoms. The highest BCUT2D eigenvalue weighted by Crippen LogP contribution is 2.46. The molecule has 0 aromatic heterocycles. The summed E-state index contributed by atoms with van der Waals surface area (Å²) in [4.78, 5) is 14.1. The van der Waals surface area contributed by atoms with Crippen molar-refractivity contribution in [2.75, 3.05) is 13.1 Å². The molecular weight excluding hydrogens is 314 g/mol. The van der Waals surface area contributed by atoms with Crippen LogP contribution in [0.3, 0.4) is 0 Å². The van der Waals surface area contributed by atoms with E-state index >= 15 is 0 Å². The number of hydrogen-bond acceptors (Lipinski definition) is 3. The normalized spacial score (nSPS) is 23.6. The molecule has 1 aromatic rings. The number of likely N-dealkylation sites (tertiary alicyclic amines) is 1. The van der Waals surface area contributed by atoms with Crippen LogP contribution in [-0.2, 0) is 10.3 Å². The molecule has 1 saturated heterocycles. The lowest BCUT2D eigenvalue weighted by atomic mass is 9.66. The van der Waals surface area contributed by atoms with Crippen LogP contribution in [0.4, 0.5) is 4.79 Å². The summed E-state index contributed by atoms with van der Waals surface area (Å²) in [6, 6.07) is 8.24. The van der Waals surface area contributed by atoms with Crippen LogP contribution in [0, 0.1) is 5.41 Å². The molecule has 1 aliphatic rings. The van der Waals surface area contributed by atoms with E-state index in [1.807, 2.05) is 46.8 Å². The van der Waals surface area contributed by atoms with Gasteiger partial charge in [0.1, 0.15) is 5.60 Å². The molecule has 140 valence electrons. The molecule has 1 aromatic carbocycles. The van der Waals surface area contributed by atoms with Gasteiger partial charge < -0.3 is 14.7 Å². The first kappa shape index (κ1) is 19.8. The van der Waals surface area contributed by atoms with Gasteiger partial charge in [0.05, 0.1) is 5.60 Å². The molecule has 2 rings (SSSR count). The fourth-order valence-electron chi connectivity index (χ4n) is 3.48. The Morgan fingerprint density at radius 1 is 1.20 bits per heavy atom. The number of carbonyl (C=O) groups excluding carboxylic acids is 1. The lowest BCUT2D eigenvalue weighted by Crippen LogP contribution is -2.57. The predicted octanol–water partition coefficient (Wildman–Crippen LogP) is 4.66. The molecule has 1 atom stereocenters. The monoisotopic (exact) mass is 347 g/mol. The van der Waals surface area contributed by atoms with E-state index in [9.17, 15) is 9.90 Å². The smallest absolute Gasteiger partial charge is 0.410 e. The molecule has 1 N–H and O–H groups in total. The van der Waals surface area contributed by atoms with E-state index in [2.05, 4.69) is 26.0 Å². The van der Waals surface area contributed by atoms with Crippen molar-refractivity contribution in [1.29, 1.82) is 0 Å². The Morgan fingerprint density at radius 2 is 1.76 bits per heavy atom. The Balaban J connectivity index is 2.20. The third-order valence-electron chi connectivity index (χ3n) is 5.16. The quantitative estimate of drug-likeness (QED) is 0.846. The largest absolute Gasteiger partial charge is 0.444 e. The van der Waals surface area contributed by atoms with E-state index in [4.69, 9.17) is 4.74 Å². The Bertz CT molecular complexity index is 613. The molecular formula is C21H33NO3. The first-order chi connectivity index (χ1) is 11.4. The van der Waals surface area contributed by atoms with Crippen molar-refractivity contribution in [3.63, 3.8) is 0 Å². The predicted molar refractivity (Wildman–Crippen MR) is 101 cm³/mol. The van der Waals surface area contributed by atoms with Crippen LogP contribution in [0.2, 0.25) is 0 Å². The first-order valence-corrected chi connectivity index (χ1v) is 9.16. The summed E-state index contributed by atoms with van der Waals surface area (Å²) in [6.45, 7) is 14.9. The van der Waals surface area contributed by atoms with Crippen LogP contribution in [0.25, 0.3) is 0 Å². The Morgan fingerprint density at radius 3 is 2.20 bits per heavy atom. The van der Waals surface area contributed by atoms with Crippen LogP contribution in [0.5, 0.6) is 0 Å². The average molecular weight is 347 g/mol. The average Bonchev–Trinajstić information content (AvgIpc) is 2.48. The lowest BCUT2D eigenvalue weighted by molar-refractivity contribution is -0.123. The van der Waals surface area contributed by atoms with Gasteiger partial charge in [0, 0.05) is 18.5 Å². The fourth-order valence-corrected chi connectivity index (χ4v) is 3.48. The lowest BCUT2D eigenvalue weighted by Gasteiger charge is -2.50. The zero-order chi connectivity index (χ0) is 19.0. The number of ether oxygens (including phenoxy) is 1. The Hall–Kier alpha value is -1.55. The molecule has 4 heteroatoms. The number of benzene rings is 1. The highest BCUT2D eigenvalue weighted by Gasteiger charge is 2.50. The Labute approximate surface area is 152 Å². The summed E-state index contributed by atoms with van der Waals surface area (Å²) in [5.41, 5.74) is 0.242. The third-order valence-corrected chi connectivity index (χ3v) is 5.16. The van der Waals surface area contributed by atoms with Gasteiger partial charge in [-0.05, 0) is 44.2 Å². The highest BCUT2D eigenvalue weighted by molar-refractivity contribution is 5.68. The van der Waals surface area contributed by atoms with Crippen molar-refractivity contribution >= 4 is 6.09 Å². The summed E-state index contributed by atoms with van der Waals surface area (Å²) in [6.07, 6.45) is 0.193. The van der Waals surface area contributed by atoms with Gasteiger partial charge in [-0.1, -0.05) is 52.0 Å². The van der Waals surface area contributed by atoms with Gasteiger partial charge in [0.2, 0.25) is 0 Å². The van der Waals surface area contributed by atoms with Gasteiger partial charge in [0.15, 0.2) is 0 Å². The maximum absolute atomic E-state index is 12.4. The zero-order valence-electron chi connectivity index (χ0n) is 16.7. The number of nitrogens with zero attached hydrogens (tertiary/aromatic N) is 1. The number of carbonyl (C=O) groups is 1. The second-order valence-corrected chi connectivity index (χ2v) is 9.17. The van der Waals surface area contributed by atoms with Crippen molar-refractivity contribution in [3.05, 3.63) is 35.4 Å². The highest BCUT2D eigenvalue weighted by atomic mass is 16.6. The molecule has 1 aliphatic heterocycles. The number of aliphatic hydroxyl groups is 1. The minimum absolute atomic E-state index is 0.308. The van der Waals surface area contributed by atoms with Crippen molar-refractivity contribution in [2.24, 2.45) is 5.41 Å². The second-order valence-electron chi connectivity index (χ2n) is 9.17. The number of rotatable bonds is 2. The standard InChI is InChI=1S/C21H33NO3/c1-15(2)16-8-10-17(11-9-16)21(24)12-13-22(14-20(21,6)7)18(23)25-19(3,4)5/h8-11,15,24H,12-14H2,1-7H3. The van der Waals surface area contributed by atoms with Gasteiger partial charge in [-0.15, -0.1) is 0 Å². The van der Waals surface area contributed by atoms with Crippen molar-refractivity contribution in [3.8, 4) is 0 Å². The van der Waals surface area contributed by atoms with E-state index in [0.29, 0.717) is 25.4 Å². The van der Waals surface area contributed by atoms with Gasteiger partial charge in [-0.3, -0.25) is 0 Å². The van der Waals surface area contributed by atoms with Crippen LogP contribution in [0.1, 0.15) is 71.9 Å². The molecule has 1 unspecified atom stereocenters. The summed E-state index contributed by atoms with van der Waals surface area (Å²) in [5.74, 6) is 0.464. The maximum Gasteiger partial charge on any atom is 0.410 e. The molecule has 0 aliphatic carbocycles. The van der Waals surface area contributed by atoms with Crippen molar-refractivity contribution < 1.29 is 14.6 Å². The summed E-state index contributed by atoms with van der Waals surface area (Å²) in [5, 5.41) is 11.5. The van der Waals surface area contributed by atoms with E-state index in [1.165, 1.54) is 5.56 Å². The maximum atomic E-state index is 12.4. The van der Waals surface area contributed by atoms with E-state index < -0.39 is 16.6 Å². The second kappa shape index (κ2) is 6.64. The minimum atomic E-state index is -0.957. The molecule has 0 radical (unpaired) electrons. The summed E-state index contributed by atoms with van der Waals surface area (Å²) in [7, 11) is 0. The van der Waals surface area contributed by atoms with Gasteiger partial charge in [-0.2, -0.15) is 0 Å². The van der Waals surface area contributed by atoms with Gasteiger partial charge in [-0.25, -0.2) is 4.79 Å². The molecule has 4 nitrogen and oxygen atoms in total. The molecule has 1 heterocycles. The topological polar surface area (TPSA) is 49.8 Å². The number of amides is 1. The summed E-state index contributed by atoms with van der Waals surface area (Å²) < 4.78 is 5.49. The molecule has 1 amide bonds. The number of hydrogen-bond donors (Lipinski definition) is 1. The molecule has 0 spiro atoms. The molecule has 0 saturated carbocycles. The Kier molecular flexibility index (Phi) is 5.25. The van der Waals surface area contributed by atoms with Gasteiger partial charge in [0.25, 0.3) is 0 Å². The van der Waals surface area contributed by atoms with Crippen LogP contribution < -0.4 is 0 Å². The first-order valence-electron chi connectivity index (χ1n) is 9.16. The minimum Gasteiger partial charge on any atom is -0.444 e. The zero-order valence-corrected chi connectivity index (χ0v) is 16.7. The van der Waals surface area contributed by atoms with Crippen molar-refractivity contribution in [1.82, 2.24) is 4.90 Å². The van der Waals surface area contributed by atoms with Crippen LogP contribution in [-0.4, -0.2) is 34.8 Å². The molecule has 1 fully saturated rings.